The zero-order valence-electron chi connectivity index (χ0n) is 18.9. The van der Waals surface area contributed by atoms with Crippen LogP contribution < -0.4 is 24.3 Å². The summed E-state index contributed by atoms with van der Waals surface area (Å²) in [6.07, 6.45) is 0. The molecule has 5 rings (SSSR count). The fourth-order valence-corrected chi connectivity index (χ4v) is 5.66. The Bertz CT molecular complexity index is 1180. The number of fused-ring (bicyclic) bond motifs is 2. The molecule has 2 aromatic carbocycles. The molecule has 1 atom stereocenters. The van der Waals surface area contributed by atoms with Gasteiger partial charge in [0.2, 0.25) is 22.7 Å². The highest BCUT2D eigenvalue weighted by molar-refractivity contribution is 7.89. The fourth-order valence-electron chi connectivity index (χ4n) is 4.22. The minimum Gasteiger partial charge on any atom is -0.486 e. The number of carbonyl (C=O) groups is 1. The molecule has 1 fully saturated rings. The second-order valence-electron chi connectivity index (χ2n) is 8.39. The Kier molecular flexibility index (Phi) is 6.24. The maximum atomic E-state index is 13.1. The molecule has 0 aliphatic carbocycles. The van der Waals surface area contributed by atoms with E-state index in [1.807, 2.05) is 30.0 Å². The molecule has 3 heterocycles. The van der Waals surface area contributed by atoms with Gasteiger partial charge in [0, 0.05) is 32.2 Å². The van der Waals surface area contributed by atoms with Crippen molar-refractivity contribution in [2.75, 3.05) is 52.7 Å². The average Bonchev–Trinajstić information content (AvgIpc) is 3.32. The Morgan fingerprint density at radius 2 is 1.56 bits per heavy atom. The molecular weight excluding hydrogens is 462 g/mol. The zero-order valence-corrected chi connectivity index (χ0v) is 19.7. The molecule has 0 radical (unpaired) electrons. The van der Waals surface area contributed by atoms with Crippen molar-refractivity contribution in [1.29, 1.82) is 0 Å². The van der Waals surface area contributed by atoms with E-state index in [9.17, 15) is 13.2 Å². The molecule has 1 saturated heterocycles. The first kappa shape index (κ1) is 22.8. The van der Waals surface area contributed by atoms with E-state index in [4.69, 9.17) is 18.9 Å². The summed E-state index contributed by atoms with van der Waals surface area (Å²) in [4.78, 5) is 14.7. The molecule has 11 heteroatoms. The molecule has 0 bridgehead atoms. The molecule has 3 aliphatic rings. The minimum absolute atomic E-state index is 0.117. The van der Waals surface area contributed by atoms with Gasteiger partial charge >= 0.3 is 0 Å². The molecule has 34 heavy (non-hydrogen) atoms. The molecular formula is C23H27N3O7S. The highest BCUT2D eigenvalue weighted by Crippen LogP contribution is 2.34. The predicted octanol–water partition coefficient (Wildman–Crippen LogP) is 1.37. The maximum Gasteiger partial charge on any atom is 0.243 e. The van der Waals surface area contributed by atoms with Gasteiger partial charge in [-0.25, -0.2) is 8.42 Å². The summed E-state index contributed by atoms with van der Waals surface area (Å²) in [5.41, 5.74) is 0.924. The lowest BCUT2D eigenvalue weighted by molar-refractivity contribution is -0.123. The molecule has 0 saturated carbocycles. The van der Waals surface area contributed by atoms with E-state index in [1.54, 1.807) is 12.1 Å². The third-order valence-electron chi connectivity index (χ3n) is 6.12. The Morgan fingerprint density at radius 1 is 0.912 bits per heavy atom. The number of hydrogen-bond donors (Lipinski definition) is 1. The number of hydrogen-bond acceptors (Lipinski definition) is 8. The molecule has 1 unspecified atom stereocenters. The van der Waals surface area contributed by atoms with Crippen molar-refractivity contribution in [1.82, 2.24) is 14.5 Å². The molecule has 2 aromatic rings. The van der Waals surface area contributed by atoms with Crippen LogP contribution in [-0.4, -0.2) is 76.3 Å². The molecule has 0 aromatic heterocycles. The number of amides is 1. The average molecular weight is 490 g/mol. The van der Waals surface area contributed by atoms with E-state index in [-0.39, 0.29) is 30.2 Å². The van der Waals surface area contributed by atoms with Crippen molar-refractivity contribution < 1.29 is 32.2 Å². The first-order valence-corrected chi connectivity index (χ1v) is 12.7. The summed E-state index contributed by atoms with van der Waals surface area (Å²) in [6.45, 7) is 4.71. The molecule has 3 aliphatic heterocycles. The van der Waals surface area contributed by atoms with E-state index in [1.165, 1.54) is 10.4 Å². The summed E-state index contributed by atoms with van der Waals surface area (Å²) >= 11 is 0. The molecule has 0 spiro atoms. The van der Waals surface area contributed by atoms with Gasteiger partial charge in [-0.05, 0) is 36.8 Å². The second kappa shape index (κ2) is 9.32. The van der Waals surface area contributed by atoms with Gasteiger partial charge in [0.05, 0.1) is 17.5 Å². The minimum atomic E-state index is -3.66. The van der Waals surface area contributed by atoms with Gasteiger partial charge in [-0.3, -0.25) is 9.69 Å². The predicted molar refractivity (Wildman–Crippen MR) is 122 cm³/mol. The SMILES string of the molecule is CC(NC(=O)CN1CCN(S(=O)(=O)c2ccc3c(c2)OCCO3)CC1)c1ccc2c(c1)OCO2. The van der Waals surface area contributed by atoms with Crippen LogP contribution in [0.4, 0.5) is 0 Å². The summed E-state index contributed by atoms with van der Waals surface area (Å²) in [5.74, 6) is 2.25. The van der Waals surface area contributed by atoms with Crippen LogP contribution in [0.5, 0.6) is 23.0 Å². The molecule has 10 nitrogen and oxygen atoms in total. The maximum absolute atomic E-state index is 13.1. The topological polar surface area (TPSA) is 107 Å². The Balaban J connectivity index is 1.14. The smallest absolute Gasteiger partial charge is 0.243 e. The molecule has 182 valence electrons. The number of benzene rings is 2. The van der Waals surface area contributed by atoms with Crippen molar-refractivity contribution >= 4 is 15.9 Å². The van der Waals surface area contributed by atoms with Gasteiger partial charge in [0.15, 0.2) is 23.0 Å². The Labute approximate surface area is 198 Å². The van der Waals surface area contributed by atoms with Gasteiger partial charge in [-0.2, -0.15) is 4.31 Å². The summed E-state index contributed by atoms with van der Waals surface area (Å²) in [7, 11) is -3.66. The van der Waals surface area contributed by atoms with Gasteiger partial charge in [-0.15, -0.1) is 0 Å². The number of ether oxygens (including phenoxy) is 4. The van der Waals surface area contributed by atoms with Crippen LogP contribution in [0.3, 0.4) is 0 Å². The van der Waals surface area contributed by atoms with Gasteiger partial charge in [-0.1, -0.05) is 6.07 Å². The monoisotopic (exact) mass is 489 g/mol. The van der Waals surface area contributed by atoms with Crippen molar-refractivity contribution in [3.63, 3.8) is 0 Å². The number of nitrogens with zero attached hydrogens (tertiary/aromatic N) is 2. The van der Waals surface area contributed by atoms with Gasteiger partial charge < -0.3 is 24.3 Å². The van der Waals surface area contributed by atoms with Crippen molar-refractivity contribution in [2.45, 2.75) is 17.9 Å². The largest absolute Gasteiger partial charge is 0.486 e. The Morgan fingerprint density at radius 3 is 2.35 bits per heavy atom. The number of rotatable bonds is 6. The third kappa shape index (κ3) is 4.63. The van der Waals surface area contributed by atoms with Gasteiger partial charge in [0.25, 0.3) is 0 Å². The van der Waals surface area contributed by atoms with E-state index in [2.05, 4.69) is 5.32 Å². The lowest BCUT2D eigenvalue weighted by atomic mass is 10.1. The van der Waals surface area contributed by atoms with Crippen molar-refractivity contribution in [2.24, 2.45) is 0 Å². The first-order chi connectivity index (χ1) is 16.4. The third-order valence-corrected chi connectivity index (χ3v) is 8.02. The van der Waals surface area contributed by atoms with E-state index in [0.29, 0.717) is 62.4 Å². The normalized spacial score (nSPS) is 19.0. The van der Waals surface area contributed by atoms with Crippen molar-refractivity contribution in [3.8, 4) is 23.0 Å². The quantitative estimate of drug-likeness (QED) is 0.649. The van der Waals surface area contributed by atoms with E-state index < -0.39 is 10.0 Å². The number of piperazine rings is 1. The van der Waals surface area contributed by atoms with Crippen LogP contribution in [0.25, 0.3) is 0 Å². The first-order valence-electron chi connectivity index (χ1n) is 11.2. The van der Waals surface area contributed by atoms with Crippen LogP contribution in [-0.2, 0) is 14.8 Å². The zero-order chi connectivity index (χ0) is 23.7. The number of sulfonamides is 1. The van der Waals surface area contributed by atoms with Gasteiger partial charge in [0.1, 0.15) is 13.2 Å². The van der Waals surface area contributed by atoms with E-state index in [0.717, 1.165) is 5.56 Å². The number of nitrogens with one attached hydrogen (secondary N) is 1. The summed E-state index contributed by atoms with van der Waals surface area (Å²) < 4.78 is 49.4. The highest BCUT2D eigenvalue weighted by Gasteiger charge is 2.30. The summed E-state index contributed by atoms with van der Waals surface area (Å²) in [5, 5.41) is 3.00. The van der Waals surface area contributed by atoms with E-state index >= 15 is 0 Å². The van der Waals surface area contributed by atoms with Crippen LogP contribution in [0, 0.1) is 0 Å². The highest BCUT2D eigenvalue weighted by atomic mass is 32.2. The van der Waals surface area contributed by atoms with Crippen LogP contribution in [0.15, 0.2) is 41.3 Å². The molecule has 1 amide bonds. The number of carbonyl (C=O) groups excluding carboxylic acids is 1. The van der Waals surface area contributed by atoms with Crippen molar-refractivity contribution in [3.05, 3.63) is 42.0 Å². The fraction of sp³-hybridized carbons (Fsp3) is 0.435. The van der Waals surface area contributed by atoms with Crippen LogP contribution in [0.1, 0.15) is 18.5 Å². The second-order valence-corrected chi connectivity index (χ2v) is 10.3. The van der Waals surface area contributed by atoms with Crippen LogP contribution in [0.2, 0.25) is 0 Å². The summed E-state index contributed by atoms with van der Waals surface area (Å²) in [6, 6.07) is 10.1. The lowest BCUT2D eigenvalue weighted by Gasteiger charge is -2.33. The molecule has 1 N–H and O–H groups in total. The Hall–Kier alpha value is -3.02. The lowest BCUT2D eigenvalue weighted by Crippen LogP contribution is -2.51. The standard InChI is InChI=1S/C23H27N3O7S/c1-16(17-2-4-20-21(12-17)33-15-32-20)24-23(27)14-25-6-8-26(9-7-25)34(28,29)18-3-5-19-22(13-18)31-11-10-30-19/h2-5,12-13,16H,6-11,14-15H2,1H3,(H,24,27). The van der Waals surface area contributed by atoms with Crippen LogP contribution >= 0.6 is 0 Å².